The zero-order chi connectivity index (χ0) is 16.6. The van der Waals surface area contributed by atoms with E-state index >= 15 is 0 Å². The highest BCUT2D eigenvalue weighted by molar-refractivity contribution is 5.84. The summed E-state index contributed by atoms with van der Waals surface area (Å²) in [5.74, 6) is -0.922. The fourth-order valence-electron chi connectivity index (χ4n) is 2.49. The summed E-state index contributed by atoms with van der Waals surface area (Å²) in [6.45, 7) is 0. The highest BCUT2D eigenvalue weighted by Gasteiger charge is 2.30. The largest absolute Gasteiger partial charge is 0.494 e. The number of nitrogens with zero attached hydrogens (tertiary/aromatic N) is 1. The van der Waals surface area contributed by atoms with Crippen molar-refractivity contribution in [3.8, 4) is 16.9 Å². The zero-order valence-electron chi connectivity index (χ0n) is 12.0. The van der Waals surface area contributed by atoms with Crippen LogP contribution in [0.1, 0.15) is 5.56 Å². The van der Waals surface area contributed by atoms with Gasteiger partial charge in [0.2, 0.25) is 0 Å². The van der Waals surface area contributed by atoms with Crippen LogP contribution in [0.4, 0.5) is 17.6 Å². The molecule has 23 heavy (non-hydrogen) atoms. The van der Waals surface area contributed by atoms with Crippen molar-refractivity contribution >= 4 is 10.9 Å². The lowest BCUT2D eigenvalue weighted by molar-refractivity contribution is -0.127. The molecule has 0 unspecified atom stereocenters. The average molecular weight is 324 g/mol. The van der Waals surface area contributed by atoms with Crippen molar-refractivity contribution in [3.05, 3.63) is 47.9 Å². The van der Waals surface area contributed by atoms with Gasteiger partial charge in [0.15, 0.2) is 11.6 Å². The van der Waals surface area contributed by atoms with E-state index in [0.717, 1.165) is 17.5 Å². The minimum atomic E-state index is -4.41. The first-order valence-corrected chi connectivity index (χ1v) is 6.74. The maximum absolute atomic E-state index is 14.0. The number of methoxy groups -OCH3 is 1. The molecule has 1 aromatic heterocycles. The van der Waals surface area contributed by atoms with E-state index in [1.54, 1.807) is 24.4 Å². The highest BCUT2D eigenvalue weighted by Crippen LogP contribution is 2.35. The maximum atomic E-state index is 14.0. The summed E-state index contributed by atoms with van der Waals surface area (Å²) in [5, 5.41) is 7.43. The standard InChI is InChI=1S/C16H12F4N2O/c1-23-15-5-11(7-16(18,19)20)12(6-13(15)17)9-2-3-10-8-21-22-14(10)4-9/h2-6,8H,7H2,1H3,(H,21,22). The fourth-order valence-corrected chi connectivity index (χ4v) is 2.49. The van der Waals surface area contributed by atoms with Crippen molar-refractivity contribution < 1.29 is 22.3 Å². The molecule has 120 valence electrons. The SMILES string of the molecule is COc1cc(CC(F)(F)F)c(-c2ccc3cn[nH]c3c2)cc1F. The van der Waals surface area contributed by atoms with Gasteiger partial charge in [-0.1, -0.05) is 12.1 Å². The third-order valence-electron chi connectivity index (χ3n) is 3.52. The normalized spacial score (nSPS) is 11.9. The van der Waals surface area contributed by atoms with Crippen molar-refractivity contribution in [1.29, 1.82) is 0 Å². The van der Waals surface area contributed by atoms with E-state index in [1.807, 2.05) is 0 Å². The molecule has 0 atom stereocenters. The van der Waals surface area contributed by atoms with Crippen molar-refractivity contribution in [2.24, 2.45) is 0 Å². The fraction of sp³-hybridized carbons (Fsp3) is 0.188. The Morgan fingerprint density at radius 3 is 2.65 bits per heavy atom. The molecule has 7 heteroatoms. The van der Waals surface area contributed by atoms with Crippen LogP contribution < -0.4 is 4.74 Å². The molecule has 0 saturated heterocycles. The first kappa shape index (κ1) is 15.3. The molecule has 3 aromatic rings. The van der Waals surface area contributed by atoms with Gasteiger partial charge >= 0.3 is 6.18 Å². The van der Waals surface area contributed by atoms with E-state index in [9.17, 15) is 17.6 Å². The third kappa shape index (κ3) is 3.13. The third-order valence-corrected chi connectivity index (χ3v) is 3.52. The van der Waals surface area contributed by atoms with Crippen LogP contribution in [0.15, 0.2) is 36.5 Å². The van der Waals surface area contributed by atoms with E-state index in [2.05, 4.69) is 10.2 Å². The lowest BCUT2D eigenvalue weighted by Crippen LogP contribution is -2.13. The summed E-state index contributed by atoms with van der Waals surface area (Å²) in [6, 6.07) is 7.16. The number of benzene rings is 2. The van der Waals surface area contributed by atoms with Crippen LogP contribution in [0.5, 0.6) is 5.75 Å². The molecule has 0 fully saturated rings. The predicted octanol–water partition coefficient (Wildman–Crippen LogP) is 4.48. The molecule has 2 aromatic carbocycles. The van der Waals surface area contributed by atoms with Crippen LogP contribution in [0, 0.1) is 5.82 Å². The van der Waals surface area contributed by atoms with Crippen LogP contribution in [-0.2, 0) is 6.42 Å². The number of halogens is 4. The number of aromatic nitrogens is 2. The molecule has 3 rings (SSSR count). The number of rotatable bonds is 3. The number of hydrogen-bond donors (Lipinski definition) is 1. The van der Waals surface area contributed by atoms with Gasteiger partial charge in [-0.15, -0.1) is 0 Å². The zero-order valence-corrected chi connectivity index (χ0v) is 12.0. The topological polar surface area (TPSA) is 37.9 Å². The van der Waals surface area contributed by atoms with Gasteiger partial charge in [-0.05, 0) is 34.9 Å². The summed E-state index contributed by atoms with van der Waals surface area (Å²) in [7, 11) is 1.21. The summed E-state index contributed by atoms with van der Waals surface area (Å²) in [4.78, 5) is 0. The van der Waals surface area contributed by atoms with Gasteiger partial charge in [0, 0.05) is 5.39 Å². The maximum Gasteiger partial charge on any atom is 0.393 e. The van der Waals surface area contributed by atoms with Crippen molar-refractivity contribution in [2.75, 3.05) is 7.11 Å². The number of nitrogens with one attached hydrogen (secondary N) is 1. The van der Waals surface area contributed by atoms with Gasteiger partial charge in [0.25, 0.3) is 0 Å². The van der Waals surface area contributed by atoms with Crippen molar-refractivity contribution in [3.63, 3.8) is 0 Å². The van der Waals surface area contributed by atoms with E-state index in [1.165, 1.54) is 7.11 Å². The lowest BCUT2D eigenvalue weighted by Gasteiger charge is -2.14. The molecule has 0 amide bonds. The minimum Gasteiger partial charge on any atom is -0.494 e. The molecule has 0 spiro atoms. The molecular formula is C16H12F4N2O. The van der Waals surface area contributed by atoms with E-state index in [4.69, 9.17) is 4.74 Å². The van der Waals surface area contributed by atoms with Gasteiger partial charge in [-0.25, -0.2) is 4.39 Å². The second kappa shape index (κ2) is 5.57. The molecular weight excluding hydrogens is 312 g/mol. The number of ether oxygens (including phenoxy) is 1. The van der Waals surface area contributed by atoms with E-state index in [0.29, 0.717) is 11.1 Å². The molecule has 0 saturated carbocycles. The number of alkyl halides is 3. The summed E-state index contributed by atoms with van der Waals surface area (Å²) in [6.07, 6.45) is -3.97. The monoisotopic (exact) mass is 324 g/mol. The van der Waals surface area contributed by atoms with Gasteiger partial charge in [0.05, 0.1) is 25.2 Å². The van der Waals surface area contributed by atoms with Gasteiger partial charge < -0.3 is 4.74 Å². The van der Waals surface area contributed by atoms with Crippen LogP contribution in [-0.4, -0.2) is 23.5 Å². The second-order valence-corrected chi connectivity index (χ2v) is 5.11. The highest BCUT2D eigenvalue weighted by atomic mass is 19.4. The minimum absolute atomic E-state index is 0.0467. The summed E-state index contributed by atoms with van der Waals surface area (Å²) < 4.78 is 57.2. The molecule has 1 N–H and O–H groups in total. The first-order chi connectivity index (χ1) is 10.9. The first-order valence-electron chi connectivity index (χ1n) is 6.74. The Balaban J connectivity index is 2.17. The Bertz CT molecular complexity index is 855. The summed E-state index contributed by atoms with van der Waals surface area (Å²) in [5.41, 5.74) is 1.27. The summed E-state index contributed by atoms with van der Waals surface area (Å²) >= 11 is 0. The van der Waals surface area contributed by atoms with Crippen LogP contribution in [0.2, 0.25) is 0 Å². The predicted molar refractivity (Wildman–Crippen MR) is 77.8 cm³/mol. The Morgan fingerprint density at radius 2 is 1.96 bits per heavy atom. The average Bonchev–Trinajstić information content (AvgIpc) is 2.94. The van der Waals surface area contributed by atoms with Gasteiger partial charge in [-0.2, -0.15) is 18.3 Å². The number of hydrogen-bond acceptors (Lipinski definition) is 2. The Labute approximate surface area is 128 Å². The molecule has 0 aliphatic rings. The van der Waals surface area contributed by atoms with Crippen LogP contribution in [0.25, 0.3) is 22.0 Å². The molecule has 0 bridgehead atoms. The second-order valence-electron chi connectivity index (χ2n) is 5.11. The van der Waals surface area contributed by atoms with Gasteiger partial charge in [0.1, 0.15) is 0 Å². The molecule has 0 aliphatic heterocycles. The van der Waals surface area contributed by atoms with Crippen molar-refractivity contribution in [2.45, 2.75) is 12.6 Å². The van der Waals surface area contributed by atoms with Crippen molar-refractivity contribution in [1.82, 2.24) is 10.2 Å². The molecule has 0 radical (unpaired) electrons. The number of H-pyrrole nitrogens is 1. The molecule has 3 nitrogen and oxygen atoms in total. The Morgan fingerprint density at radius 1 is 1.17 bits per heavy atom. The van der Waals surface area contributed by atoms with Crippen LogP contribution >= 0.6 is 0 Å². The molecule has 0 aliphatic carbocycles. The lowest BCUT2D eigenvalue weighted by atomic mass is 9.96. The van der Waals surface area contributed by atoms with Gasteiger partial charge in [-0.3, -0.25) is 5.10 Å². The quantitative estimate of drug-likeness (QED) is 0.721. The number of fused-ring (bicyclic) bond motifs is 1. The van der Waals surface area contributed by atoms with E-state index < -0.39 is 18.4 Å². The number of aromatic amines is 1. The smallest absolute Gasteiger partial charge is 0.393 e. The Kier molecular flexibility index (Phi) is 3.71. The van der Waals surface area contributed by atoms with Crippen LogP contribution in [0.3, 0.4) is 0 Å². The van der Waals surface area contributed by atoms with E-state index in [-0.39, 0.29) is 16.9 Å². The Hall–Kier alpha value is -2.57. The molecule has 1 heterocycles.